The summed E-state index contributed by atoms with van der Waals surface area (Å²) in [6.45, 7) is 6.22. The van der Waals surface area contributed by atoms with Crippen LogP contribution in [-0.2, 0) is 51.7 Å². The average Bonchev–Trinajstić information content (AvgIpc) is 4.26. The van der Waals surface area contributed by atoms with E-state index >= 15 is 0 Å². The Morgan fingerprint density at radius 1 is 0.519 bits per heavy atom. The van der Waals surface area contributed by atoms with Crippen LogP contribution in [0.2, 0.25) is 0 Å². The van der Waals surface area contributed by atoms with Crippen molar-refractivity contribution in [3.63, 3.8) is 0 Å². The molecule has 7 fully saturated rings. The number of piperidine rings is 2. The summed E-state index contributed by atoms with van der Waals surface area (Å²) in [6.07, 6.45) is 0.580. The van der Waals surface area contributed by atoms with Gasteiger partial charge in [-0.25, -0.2) is 32.9 Å². The lowest BCUT2D eigenvalue weighted by Gasteiger charge is -2.37. The maximum Gasteiger partial charge on any atom is 0.436 e. The van der Waals surface area contributed by atoms with Crippen molar-refractivity contribution in [3.05, 3.63) is 88.0 Å². The number of aromatic nitrogens is 3. The van der Waals surface area contributed by atoms with Gasteiger partial charge in [0.25, 0.3) is 11.8 Å². The number of halogens is 13. The highest BCUT2D eigenvalue weighted by Gasteiger charge is 2.44. The van der Waals surface area contributed by atoms with Gasteiger partial charge in [-0.15, -0.1) is 12.4 Å². The first-order valence-electron chi connectivity index (χ1n) is 25.3. The first-order chi connectivity index (χ1) is 37.7. The number of carboxylic acids is 1. The highest BCUT2D eigenvalue weighted by molar-refractivity contribution is 5.96. The van der Waals surface area contributed by atoms with Gasteiger partial charge in [-0.3, -0.25) is 14.4 Å². The van der Waals surface area contributed by atoms with Gasteiger partial charge in [0.05, 0.1) is 62.4 Å². The number of alkyl halides is 9. The third-order valence-corrected chi connectivity index (χ3v) is 13.3. The molecule has 7 aliphatic rings. The molecule has 1 N–H and O–H groups in total. The maximum absolute atomic E-state index is 14.0. The normalized spacial score (nSPS) is 19.8. The lowest BCUT2D eigenvalue weighted by atomic mass is 9.94. The summed E-state index contributed by atoms with van der Waals surface area (Å²) in [7, 11) is 0. The molecule has 2 saturated carbocycles. The van der Waals surface area contributed by atoms with Gasteiger partial charge in [-0.2, -0.15) is 44.8 Å². The van der Waals surface area contributed by atoms with Crippen molar-refractivity contribution in [2.75, 3.05) is 65.8 Å². The zero-order valence-electron chi connectivity index (χ0n) is 43.6. The van der Waals surface area contributed by atoms with Gasteiger partial charge >= 0.3 is 24.5 Å². The van der Waals surface area contributed by atoms with E-state index in [0.717, 1.165) is 76.6 Å². The number of carbonyl (C=O) groups is 4. The van der Waals surface area contributed by atoms with Crippen molar-refractivity contribution in [1.29, 1.82) is 5.26 Å². The van der Waals surface area contributed by atoms with Gasteiger partial charge in [0.1, 0.15) is 5.78 Å². The number of nitrogens with zero attached hydrogens (tertiary/aromatic N) is 6. The lowest BCUT2D eigenvalue weighted by molar-refractivity contribution is -0.181. The van der Waals surface area contributed by atoms with Crippen LogP contribution in [0.15, 0.2) is 36.8 Å². The van der Waals surface area contributed by atoms with Crippen molar-refractivity contribution in [2.45, 2.75) is 133 Å². The summed E-state index contributed by atoms with van der Waals surface area (Å²) < 4.78 is 185. The van der Waals surface area contributed by atoms with Gasteiger partial charge in [0, 0.05) is 103 Å². The van der Waals surface area contributed by atoms with Crippen molar-refractivity contribution in [3.8, 4) is 6.07 Å². The molecular weight excluding hydrogens is 1140 g/mol. The molecule has 30 heteroatoms. The van der Waals surface area contributed by atoms with E-state index < -0.39 is 93.3 Å². The van der Waals surface area contributed by atoms with Gasteiger partial charge in [0.15, 0.2) is 51.9 Å². The molecule has 17 nitrogen and oxygen atoms in total. The Balaban J connectivity index is 0.000000222. The second kappa shape index (κ2) is 30.0. The molecule has 3 spiro atoms. The van der Waals surface area contributed by atoms with Crippen LogP contribution >= 0.6 is 12.4 Å². The van der Waals surface area contributed by atoms with E-state index in [1.54, 1.807) is 6.07 Å². The second-order valence-electron chi connectivity index (χ2n) is 18.7. The molecule has 5 saturated heterocycles. The Kier molecular flexibility index (Phi) is 25.1. The van der Waals surface area contributed by atoms with Gasteiger partial charge in [-0.1, -0.05) is 12.8 Å². The minimum absolute atomic E-state index is 0. The number of aromatic carboxylic acids is 1. The first-order valence-corrected chi connectivity index (χ1v) is 25.3. The predicted molar refractivity (Wildman–Crippen MR) is 258 cm³/mol. The number of rotatable bonds is 3. The number of carboxylic acid groups (broad SMARTS) is 1. The Hall–Kier alpha value is -5.77. The van der Waals surface area contributed by atoms with Crippen LogP contribution in [0.25, 0.3) is 0 Å². The van der Waals surface area contributed by atoms with Crippen LogP contribution in [0.3, 0.4) is 0 Å². The number of Topliss-reactive ketones (excluding diaryl/α,β-unsaturated/α-hetero) is 1. The molecule has 0 aromatic carbocycles. The molecule has 81 heavy (non-hydrogen) atoms. The minimum atomic E-state index is -4.99. The number of ketones is 1. The molecule has 450 valence electrons. The molecule has 3 aromatic heterocycles. The summed E-state index contributed by atoms with van der Waals surface area (Å²) in [6, 6.07) is 4.27. The van der Waals surface area contributed by atoms with Crippen LogP contribution in [-0.4, -0.2) is 137 Å². The summed E-state index contributed by atoms with van der Waals surface area (Å²) in [5.74, 6) is -9.60. The molecule has 2 aliphatic carbocycles. The fourth-order valence-electron chi connectivity index (χ4n) is 9.31. The average molecular weight is 1200 g/mol. The van der Waals surface area contributed by atoms with E-state index in [-0.39, 0.29) is 68.8 Å². The molecule has 0 unspecified atom stereocenters. The largest absolute Gasteiger partial charge is 0.478 e. The predicted octanol–water partition coefficient (Wildman–Crippen LogP) is 10.5. The topological polar surface area (TPSA) is 213 Å². The highest BCUT2D eigenvalue weighted by atomic mass is 35.5. The van der Waals surface area contributed by atoms with Crippen LogP contribution < -0.4 is 0 Å². The number of carbonyl (C=O) groups excluding carboxylic acids is 3. The van der Waals surface area contributed by atoms with Crippen molar-refractivity contribution >= 4 is 36.0 Å². The SMILES string of the molecule is C1CCC2(CC1)OCCO2.C1CCC2(CC1)OCCO2.CC#N.Cl.O=C(O)c1ccnc(C(F)(F)F)c1F.O=C(c1ccnc(C(F)(F)F)c1F)N1CCC2(CC1)OCCO2.O=C1CCN(C(=O)c2ccnc(C(F)(F)F)c2F)CC1. The molecule has 2 amide bonds. The maximum atomic E-state index is 14.0. The van der Waals surface area contributed by atoms with Crippen LogP contribution in [0.5, 0.6) is 0 Å². The Morgan fingerprint density at radius 2 is 0.790 bits per heavy atom. The van der Waals surface area contributed by atoms with Crippen molar-refractivity contribution in [1.82, 2.24) is 24.8 Å². The molecule has 8 heterocycles. The second-order valence-corrected chi connectivity index (χ2v) is 18.7. The number of hydrogen-bond donors (Lipinski definition) is 1. The number of hydrogen-bond acceptors (Lipinski definition) is 14. The molecule has 5 aliphatic heterocycles. The number of nitriles is 1. The fourth-order valence-corrected chi connectivity index (χ4v) is 9.31. The van der Waals surface area contributed by atoms with E-state index in [1.807, 2.05) is 0 Å². The van der Waals surface area contributed by atoms with Crippen LogP contribution in [0, 0.1) is 28.8 Å². The zero-order chi connectivity index (χ0) is 58.9. The molecule has 0 radical (unpaired) electrons. The van der Waals surface area contributed by atoms with E-state index in [2.05, 4.69) is 15.0 Å². The number of pyridine rings is 3. The molecule has 3 aromatic rings. The molecular formula is C51H59ClF12N6O11. The third kappa shape index (κ3) is 18.9. The molecule has 0 bridgehead atoms. The number of ether oxygens (including phenoxy) is 6. The summed E-state index contributed by atoms with van der Waals surface area (Å²) in [5.41, 5.74) is -7.57. The monoisotopic (exact) mass is 1190 g/mol. The van der Waals surface area contributed by atoms with E-state index in [9.17, 15) is 71.9 Å². The van der Waals surface area contributed by atoms with Gasteiger partial charge in [0.2, 0.25) is 0 Å². The van der Waals surface area contributed by atoms with Gasteiger partial charge in [-0.05, 0) is 43.9 Å². The molecule has 10 rings (SSSR count). The lowest BCUT2D eigenvalue weighted by Crippen LogP contribution is -2.47. The Morgan fingerprint density at radius 3 is 1.09 bits per heavy atom. The van der Waals surface area contributed by atoms with E-state index in [1.165, 1.54) is 55.2 Å². The third-order valence-electron chi connectivity index (χ3n) is 13.3. The van der Waals surface area contributed by atoms with Crippen LogP contribution in [0.1, 0.15) is 145 Å². The number of amides is 2. The quantitative estimate of drug-likeness (QED) is 0.242. The van der Waals surface area contributed by atoms with Crippen molar-refractivity contribution < 1.29 is 105 Å². The zero-order valence-corrected chi connectivity index (χ0v) is 44.4. The standard InChI is InChI=1S/C14H14F4N2O3.C12H10F4N2O2.2C8H14O2.C7H3F4NO2.C2H3N.ClH/c15-10-9(1-4-19-11(10)14(16,17)18)12(21)20-5-2-13(3-6-20)22-7-8-23-13;13-9-8(1-4-17-10(9)12(14,15)16)11(20)18-5-2-7(19)3-6-18;2*1-2-4-8(5-3-1)9-6-7-10-8;8-4-3(6(13)14)1-2-12-5(4)7(9,10)11;1-2-3;/h1,4H,2-3,5-8H2;1,4H,2-3,5-6H2;2*1-7H2;1-2H,(H,13,14);1H3;1H. The Labute approximate surface area is 463 Å². The summed E-state index contributed by atoms with van der Waals surface area (Å²) >= 11 is 0. The Bertz CT molecular complexity index is 2560. The van der Waals surface area contributed by atoms with E-state index in [4.69, 9.17) is 38.8 Å². The highest BCUT2D eigenvalue weighted by Crippen LogP contribution is 2.38. The van der Waals surface area contributed by atoms with E-state index in [0.29, 0.717) is 38.3 Å². The summed E-state index contributed by atoms with van der Waals surface area (Å²) in [5, 5.41) is 15.6. The fraction of sp³-hybridized carbons (Fsp3) is 0.608. The van der Waals surface area contributed by atoms with Crippen LogP contribution in [0.4, 0.5) is 52.7 Å². The summed E-state index contributed by atoms with van der Waals surface area (Å²) in [4.78, 5) is 56.7. The minimum Gasteiger partial charge on any atom is -0.478 e. The molecule has 0 atom stereocenters. The first kappa shape index (κ1) is 67.7. The van der Waals surface area contributed by atoms with Gasteiger partial charge < -0.3 is 43.3 Å². The number of likely N-dealkylation sites (tertiary alicyclic amines) is 2. The van der Waals surface area contributed by atoms with Crippen molar-refractivity contribution in [2.24, 2.45) is 0 Å². The smallest absolute Gasteiger partial charge is 0.436 e.